The molecule has 1 amide bonds. The summed E-state index contributed by atoms with van der Waals surface area (Å²) in [7, 11) is 0. The molecule has 0 heterocycles. The van der Waals surface area contributed by atoms with Crippen LogP contribution in [0.2, 0.25) is 0 Å². The molecule has 0 bridgehead atoms. The number of rotatable bonds is 58. The number of nitrogens with one attached hydrogen (secondary N) is 1. The summed E-state index contributed by atoms with van der Waals surface area (Å²) in [5, 5.41) is 23.3. The highest BCUT2D eigenvalue weighted by Gasteiger charge is 2.20. The van der Waals surface area contributed by atoms with E-state index in [9.17, 15) is 19.8 Å². The van der Waals surface area contributed by atoms with E-state index in [1.807, 2.05) is 0 Å². The lowest BCUT2D eigenvalue weighted by atomic mass is 10.0. The minimum absolute atomic E-state index is 0.0302. The molecule has 0 aromatic heterocycles. The number of carbonyl (C=O) groups excluding carboxylic acids is 2. The second-order valence-corrected chi connectivity index (χ2v) is 21.4. The van der Waals surface area contributed by atoms with Gasteiger partial charge in [0.1, 0.15) is 0 Å². The lowest BCUT2D eigenvalue weighted by molar-refractivity contribution is -0.143. The topological polar surface area (TPSA) is 95.9 Å². The van der Waals surface area contributed by atoms with E-state index in [2.05, 4.69) is 31.3 Å². The van der Waals surface area contributed by atoms with E-state index in [4.69, 9.17) is 4.74 Å². The van der Waals surface area contributed by atoms with Crippen LogP contribution in [0.15, 0.2) is 12.2 Å². The normalized spacial score (nSPS) is 12.6. The number of unbranched alkanes of at least 4 members (excludes halogenated alkanes) is 45. The van der Waals surface area contributed by atoms with Crippen molar-refractivity contribution in [1.82, 2.24) is 5.32 Å². The molecule has 0 spiro atoms. The summed E-state index contributed by atoms with van der Waals surface area (Å²) in [6.07, 6.45) is 69.4. The average molecular weight is 961 g/mol. The molecule has 404 valence electrons. The molecular formula is C62H121NO5. The summed E-state index contributed by atoms with van der Waals surface area (Å²) in [5.74, 6) is -0.121. The zero-order valence-electron chi connectivity index (χ0n) is 46.1. The number of aliphatic hydroxyl groups excluding tert-OH is 2. The minimum atomic E-state index is -0.695. The summed E-state index contributed by atoms with van der Waals surface area (Å²) >= 11 is 0. The third-order valence-corrected chi connectivity index (χ3v) is 14.6. The first-order chi connectivity index (χ1) is 33.5. The molecule has 0 aliphatic heterocycles. The number of hydrogen-bond donors (Lipinski definition) is 3. The van der Waals surface area contributed by atoms with Crippen molar-refractivity contribution in [2.45, 2.75) is 360 Å². The molecular weight excluding hydrogens is 839 g/mol. The van der Waals surface area contributed by atoms with Gasteiger partial charge in [0, 0.05) is 12.8 Å². The molecule has 6 heteroatoms. The molecule has 2 atom stereocenters. The molecule has 0 fully saturated rings. The summed E-state index contributed by atoms with van der Waals surface area (Å²) < 4.78 is 5.46. The molecule has 0 saturated heterocycles. The van der Waals surface area contributed by atoms with Crippen LogP contribution in [0.25, 0.3) is 0 Å². The third-order valence-electron chi connectivity index (χ3n) is 14.6. The van der Waals surface area contributed by atoms with E-state index in [0.717, 1.165) is 70.6 Å². The number of allylic oxidation sites excluding steroid dienone is 2. The van der Waals surface area contributed by atoms with Crippen LogP contribution in [-0.4, -0.2) is 47.4 Å². The summed E-state index contributed by atoms with van der Waals surface area (Å²) in [4.78, 5) is 24.6. The van der Waals surface area contributed by atoms with Crippen molar-refractivity contribution in [1.29, 1.82) is 0 Å². The lowest BCUT2D eigenvalue weighted by Crippen LogP contribution is -2.45. The molecule has 68 heavy (non-hydrogen) atoms. The molecule has 6 nitrogen and oxygen atoms in total. The fraction of sp³-hybridized carbons (Fsp3) is 0.935. The van der Waals surface area contributed by atoms with Gasteiger partial charge in [0.25, 0.3) is 0 Å². The summed E-state index contributed by atoms with van der Waals surface area (Å²) in [6, 6.07) is -0.579. The number of hydrogen-bond acceptors (Lipinski definition) is 5. The zero-order valence-corrected chi connectivity index (χ0v) is 46.1. The standard InChI is InChI=1S/C62H121NO5/c1-3-5-7-9-11-13-15-17-19-21-22-23-24-25-26-27-28-30-31-33-35-38-42-46-50-54-60(65)59(58-64)63-61(66)55-51-47-43-39-37-41-45-49-53-57-68-62(67)56-52-48-44-40-36-34-32-29-20-18-16-14-12-10-8-6-4-2/h39,43,59-60,64-65H,3-38,40-42,44-58H2,1-2H3,(H,63,66)/b43-39-. The van der Waals surface area contributed by atoms with E-state index in [-0.39, 0.29) is 18.5 Å². The van der Waals surface area contributed by atoms with Crippen LogP contribution in [0.5, 0.6) is 0 Å². The van der Waals surface area contributed by atoms with Crippen LogP contribution in [0.3, 0.4) is 0 Å². The molecule has 0 saturated carbocycles. The summed E-state index contributed by atoms with van der Waals surface area (Å²) in [5.41, 5.74) is 0. The predicted molar refractivity (Wildman–Crippen MR) is 297 cm³/mol. The summed E-state index contributed by atoms with van der Waals surface area (Å²) in [6.45, 7) is 4.90. The average Bonchev–Trinajstić information content (AvgIpc) is 3.34. The van der Waals surface area contributed by atoms with Crippen molar-refractivity contribution in [3.63, 3.8) is 0 Å². The Hall–Kier alpha value is -1.40. The Balaban J connectivity index is 3.48. The van der Waals surface area contributed by atoms with E-state index >= 15 is 0 Å². The highest BCUT2D eigenvalue weighted by atomic mass is 16.5. The van der Waals surface area contributed by atoms with Gasteiger partial charge in [-0.05, 0) is 44.9 Å². The number of esters is 1. The fourth-order valence-corrected chi connectivity index (χ4v) is 9.82. The maximum absolute atomic E-state index is 12.5. The lowest BCUT2D eigenvalue weighted by Gasteiger charge is -2.22. The number of amides is 1. The van der Waals surface area contributed by atoms with Gasteiger partial charge >= 0.3 is 5.97 Å². The van der Waals surface area contributed by atoms with E-state index in [1.54, 1.807) is 0 Å². The Morgan fingerprint density at radius 2 is 0.706 bits per heavy atom. The minimum Gasteiger partial charge on any atom is -0.466 e. The van der Waals surface area contributed by atoms with Crippen molar-refractivity contribution in [2.24, 2.45) is 0 Å². The van der Waals surface area contributed by atoms with Crippen molar-refractivity contribution < 1.29 is 24.5 Å². The smallest absolute Gasteiger partial charge is 0.305 e. The van der Waals surface area contributed by atoms with Crippen LogP contribution >= 0.6 is 0 Å². The maximum atomic E-state index is 12.5. The highest BCUT2D eigenvalue weighted by molar-refractivity contribution is 5.76. The third kappa shape index (κ3) is 53.9. The number of carbonyl (C=O) groups is 2. The first kappa shape index (κ1) is 66.6. The van der Waals surface area contributed by atoms with Crippen molar-refractivity contribution >= 4 is 11.9 Å². The van der Waals surface area contributed by atoms with Crippen molar-refractivity contribution in [3.8, 4) is 0 Å². The second-order valence-electron chi connectivity index (χ2n) is 21.4. The van der Waals surface area contributed by atoms with Gasteiger partial charge in [0.05, 0.1) is 25.4 Å². The molecule has 0 aromatic carbocycles. The van der Waals surface area contributed by atoms with E-state index in [0.29, 0.717) is 25.9 Å². The highest BCUT2D eigenvalue weighted by Crippen LogP contribution is 2.18. The monoisotopic (exact) mass is 960 g/mol. The second kappa shape index (κ2) is 58.2. The maximum Gasteiger partial charge on any atom is 0.305 e. The van der Waals surface area contributed by atoms with E-state index < -0.39 is 12.1 Å². The van der Waals surface area contributed by atoms with Crippen LogP contribution in [0, 0.1) is 0 Å². The number of ether oxygens (including phenoxy) is 1. The first-order valence-corrected chi connectivity index (χ1v) is 30.9. The number of aliphatic hydroxyl groups is 2. The van der Waals surface area contributed by atoms with Crippen molar-refractivity contribution in [3.05, 3.63) is 12.2 Å². The first-order valence-electron chi connectivity index (χ1n) is 30.9. The molecule has 3 N–H and O–H groups in total. The van der Waals surface area contributed by atoms with Gasteiger partial charge in [-0.1, -0.05) is 302 Å². The van der Waals surface area contributed by atoms with Gasteiger partial charge in [0.2, 0.25) is 5.91 Å². The Morgan fingerprint density at radius 3 is 1.07 bits per heavy atom. The van der Waals surface area contributed by atoms with Gasteiger partial charge in [-0.3, -0.25) is 9.59 Å². The Labute approximate surface area is 425 Å². The fourth-order valence-electron chi connectivity index (χ4n) is 9.82. The van der Waals surface area contributed by atoms with Crippen molar-refractivity contribution in [2.75, 3.05) is 13.2 Å². The quantitative estimate of drug-likeness (QED) is 0.0321. The van der Waals surface area contributed by atoms with Gasteiger partial charge in [-0.2, -0.15) is 0 Å². The largest absolute Gasteiger partial charge is 0.466 e. The predicted octanol–water partition coefficient (Wildman–Crippen LogP) is 19.2. The molecule has 0 radical (unpaired) electrons. The Morgan fingerprint density at radius 1 is 0.397 bits per heavy atom. The van der Waals surface area contributed by atoms with E-state index in [1.165, 1.54) is 244 Å². The van der Waals surface area contributed by atoms with Crippen LogP contribution in [0.4, 0.5) is 0 Å². The Bertz CT molecular complexity index is 1020. The molecule has 2 unspecified atom stereocenters. The molecule has 0 rings (SSSR count). The Kier molecular flexibility index (Phi) is 57.0. The van der Waals surface area contributed by atoms with Crippen LogP contribution in [-0.2, 0) is 14.3 Å². The van der Waals surface area contributed by atoms with Crippen LogP contribution in [0.1, 0.15) is 348 Å². The molecule has 0 aliphatic rings. The van der Waals surface area contributed by atoms with Gasteiger partial charge in [0.15, 0.2) is 0 Å². The van der Waals surface area contributed by atoms with Crippen LogP contribution < -0.4 is 5.32 Å². The van der Waals surface area contributed by atoms with Gasteiger partial charge < -0.3 is 20.3 Å². The van der Waals surface area contributed by atoms with Gasteiger partial charge in [-0.25, -0.2) is 0 Å². The molecule has 0 aliphatic carbocycles. The zero-order chi connectivity index (χ0) is 49.3. The SMILES string of the molecule is CCCCCCCCCCCCCCCCCCCCCCCCCCCC(O)C(CO)NC(=O)CCC/C=C\CCCCCCOC(=O)CCCCCCCCCCCCCCCCCCC. The van der Waals surface area contributed by atoms with Gasteiger partial charge in [-0.15, -0.1) is 0 Å². The molecule has 0 aromatic rings.